The average Bonchev–Trinajstić information content (AvgIpc) is 1.10. The predicted molar refractivity (Wildman–Crippen MR) is 399 cm³/mol. The summed E-state index contributed by atoms with van der Waals surface area (Å²) >= 11 is 0. The molecule has 2 nitrogen and oxygen atoms in total. The Morgan fingerprint density at radius 2 is 0.468 bits per heavy atom. The Labute approximate surface area is 541 Å². The fourth-order valence-corrected chi connectivity index (χ4v) is 15.7. The van der Waals surface area contributed by atoms with Gasteiger partial charge in [0.05, 0.1) is 0 Å². The van der Waals surface area contributed by atoms with Crippen LogP contribution in [0, 0.1) is 0 Å². The van der Waals surface area contributed by atoms with Gasteiger partial charge in [-0.15, -0.1) is 0 Å². The molecule has 0 saturated heterocycles. The molecule has 0 atom stereocenters. The maximum Gasteiger partial charge on any atom is 0.136 e. The van der Waals surface area contributed by atoms with Crippen molar-refractivity contribution in [3.8, 4) is 77.9 Å². The van der Waals surface area contributed by atoms with Crippen LogP contribution in [0.5, 0.6) is 0 Å². The lowest BCUT2D eigenvalue weighted by Crippen LogP contribution is -1.93. The summed E-state index contributed by atoms with van der Waals surface area (Å²) in [6.07, 6.45) is 0. The van der Waals surface area contributed by atoms with Gasteiger partial charge < -0.3 is 8.83 Å². The summed E-state index contributed by atoms with van der Waals surface area (Å²) in [4.78, 5) is 0. The van der Waals surface area contributed by atoms with E-state index in [0.717, 1.165) is 77.3 Å². The number of fused-ring (bicyclic) bond motifs is 14. The Kier molecular flexibility index (Phi) is 11.5. The Hall–Kier alpha value is -12.4. The number of benzene rings is 18. The summed E-state index contributed by atoms with van der Waals surface area (Å²) < 4.78 is 13.6. The molecule has 0 bridgehead atoms. The van der Waals surface area contributed by atoms with Crippen molar-refractivity contribution in [3.63, 3.8) is 0 Å². The van der Waals surface area contributed by atoms with Crippen molar-refractivity contribution >= 4 is 130 Å². The van der Waals surface area contributed by atoms with Gasteiger partial charge in [0, 0.05) is 21.5 Å². The molecule has 0 aliphatic rings. The fraction of sp³-hybridized carbons (Fsp3) is 0. The van der Waals surface area contributed by atoms with Gasteiger partial charge in [0.2, 0.25) is 0 Å². The average molecular weight is 1190 g/mol. The second-order valence-electron chi connectivity index (χ2n) is 25.4. The van der Waals surface area contributed by atoms with Gasteiger partial charge >= 0.3 is 0 Å². The van der Waals surface area contributed by atoms with Crippen LogP contribution in [0.4, 0.5) is 0 Å². The first-order valence-corrected chi connectivity index (χ1v) is 32.4. The molecule has 434 valence electrons. The lowest BCUT2D eigenvalue weighted by molar-refractivity contribution is 0.669. The van der Waals surface area contributed by atoms with Gasteiger partial charge in [0.15, 0.2) is 0 Å². The predicted octanol–water partition coefficient (Wildman–Crippen LogP) is 26.4. The molecule has 0 spiro atoms. The zero-order chi connectivity index (χ0) is 61.5. The van der Waals surface area contributed by atoms with Crippen molar-refractivity contribution in [2.75, 3.05) is 0 Å². The molecule has 0 radical (unpaired) electrons. The lowest BCUT2D eigenvalue weighted by Gasteiger charge is -2.20. The van der Waals surface area contributed by atoms with Gasteiger partial charge in [-0.05, 0) is 237 Å². The molecule has 0 N–H and O–H groups in total. The molecule has 20 rings (SSSR count). The Bertz CT molecular complexity index is 6590. The first-order valence-electron chi connectivity index (χ1n) is 32.4. The van der Waals surface area contributed by atoms with E-state index in [1.165, 1.54) is 131 Å². The summed E-state index contributed by atoms with van der Waals surface area (Å²) in [5.41, 5.74) is 19.9. The van der Waals surface area contributed by atoms with Gasteiger partial charge in [-0.1, -0.05) is 255 Å². The van der Waals surface area contributed by atoms with Gasteiger partial charge in [0.1, 0.15) is 22.3 Å². The molecule has 0 aliphatic heterocycles. The molecule has 0 unspecified atom stereocenters. The van der Waals surface area contributed by atoms with E-state index in [9.17, 15) is 0 Å². The van der Waals surface area contributed by atoms with Crippen LogP contribution >= 0.6 is 0 Å². The van der Waals surface area contributed by atoms with E-state index in [4.69, 9.17) is 8.83 Å². The van der Waals surface area contributed by atoms with E-state index in [0.29, 0.717) is 0 Å². The summed E-state index contributed by atoms with van der Waals surface area (Å²) in [5.74, 6) is 0. The highest BCUT2D eigenvalue weighted by Crippen LogP contribution is 2.50. The van der Waals surface area contributed by atoms with E-state index in [1.807, 2.05) is 0 Å². The fourth-order valence-electron chi connectivity index (χ4n) is 15.7. The Morgan fingerprint density at radius 1 is 0.138 bits per heavy atom. The van der Waals surface area contributed by atoms with Crippen molar-refractivity contribution in [3.05, 3.63) is 328 Å². The minimum Gasteiger partial charge on any atom is -0.456 e. The molecule has 0 fully saturated rings. The first-order chi connectivity index (χ1) is 46.5. The molecule has 94 heavy (non-hydrogen) atoms. The zero-order valence-electron chi connectivity index (χ0n) is 51.0. The van der Waals surface area contributed by atoms with Gasteiger partial charge in [-0.2, -0.15) is 0 Å². The molecular formula is C92H54O2. The highest BCUT2D eigenvalue weighted by Gasteiger charge is 2.23. The molecule has 2 aromatic heterocycles. The van der Waals surface area contributed by atoms with E-state index >= 15 is 0 Å². The molecule has 0 saturated carbocycles. The largest absolute Gasteiger partial charge is 0.456 e. The number of hydrogen-bond donors (Lipinski definition) is 0. The zero-order valence-corrected chi connectivity index (χ0v) is 51.0. The molecular weight excluding hydrogens is 1140 g/mol. The van der Waals surface area contributed by atoms with Crippen LogP contribution in [0.3, 0.4) is 0 Å². The smallest absolute Gasteiger partial charge is 0.136 e. The van der Waals surface area contributed by atoms with Crippen molar-refractivity contribution in [2.24, 2.45) is 0 Å². The monoisotopic (exact) mass is 1190 g/mol. The van der Waals surface area contributed by atoms with Gasteiger partial charge in [0.25, 0.3) is 0 Å². The van der Waals surface area contributed by atoms with E-state index in [1.54, 1.807) is 0 Å². The van der Waals surface area contributed by atoms with Crippen LogP contribution in [0.15, 0.2) is 336 Å². The van der Waals surface area contributed by atoms with E-state index < -0.39 is 0 Å². The standard InChI is InChI=1S/C92H54O2/c1-2-17-59-45-65(36-31-55(59)15-1)60-23-13-24-68(46-60)92-78-29-12-11-28-77(78)91(70-40-42-74-82-48-62-19-4-6-21-64(62)52-88(82)94-86(74)54-70)80-44-38-67(50-84(80)92)66-37-43-79-83(49-66)89(58-34-32-57(33-35-58)72-30-14-22-56-16-7-8-25-71(56)72)75-26-9-10-27-76(75)90(79)69-39-41-73-81-47-61-18-3-5-20-63(61)51-87(81)93-85(73)53-69/h1-54H. The number of hydrogen-bond acceptors (Lipinski definition) is 2. The maximum atomic E-state index is 6.82. The van der Waals surface area contributed by atoms with Crippen LogP contribution in [0.2, 0.25) is 0 Å². The first kappa shape index (κ1) is 52.4. The minimum atomic E-state index is 0.872. The van der Waals surface area contributed by atoms with Crippen molar-refractivity contribution in [1.29, 1.82) is 0 Å². The molecule has 2 heterocycles. The molecule has 20 aromatic rings. The quantitative estimate of drug-likeness (QED) is 0.149. The SMILES string of the molecule is c1cc(-c2ccc3ccccc3c2)cc(-c2c3ccccc3c(-c3ccc4c(c3)oc3cc5ccccc5cc34)c3ccc(-c4ccc5c(-c6ccc7c(c6)oc6cc8ccccc8cc67)c6ccccc6c(-c6ccc(-c7cccc8ccccc78)cc6)c5c4)cc23)c1. The Balaban J connectivity index is 0.824. The van der Waals surface area contributed by atoms with Crippen molar-refractivity contribution in [2.45, 2.75) is 0 Å². The van der Waals surface area contributed by atoms with E-state index in [2.05, 4.69) is 328 Å². The highest BCUT2D eigenvalue weighted by molar-refractivity contribution is 6.25. The van der Waals surface area contributed by atoms with Gasteiger partial charge in [-0.3, -0.25) is 0 Å². The van der Waals surface area contributed by atoms with Crippen molar-refractivity contribution in [1.82, 2.24) is 0 Å². The molecule has 2 heteroatoms. The van der Waals surface area contributed by atoms with E-state index in [-0.39, 0.29) is 0 Å². The normalized spacial score (nSPS) is 12.0. The number of rotatable bonds is 7. The van der Waals surface area contributed by atoms with Crippen LogP contribution in [0.1, 0.15) is 0 Å². The summed E-state index contributed by atoms with van der Waals surface area (Å²) in [5, 5.41) is 23.6. The highest BCUT2D eigenvalue weighted by atomic mass is 16.3. The van der Waals surface area contributed by atoms with Crippen LogP contribution < -0.4 is 0 Å². The van der Waals surface area contributed by atoms with Crippen LogP contribution in [-0.2, 0) is 0 Å². The topological polar surface area (TPSA) is 26.3 Å². The summed E-state index contributed by atoms with van der Waals surface area (Å²) in [7, 11) is 0. The summed E-state index contributed by atoms with van der Waals surface area (Å²) in [6.45, 7) is 0. The third-order valence-corrected chi connectivity index (χ3v) is 20.1. The van der Waals surface area contributed by atoms with Crippen LogP contribution in [0.25, 0.3) is 208 Å². The minimum absolute atomic E-state index is 0.872. The maximum absolute atomic E-state index is 6.82. The second kappa shape index (κ2) is 20.6. The molecule has 18 aromatic carbocycles. The lowest BCUT2D eigenvalue weighted by atomic mass is 9.83. The Morgan fingerprint density at radius 3 is 1.02 bits per heavy atom. The van der Waals surface area contributed by atoms with Crippen LogP contribution in [-0.4, -0.2) is 0 Å². The van der Waals surface area contributed by atoms with Crippen molar-refractivity contribution < 1.29 is 8.83 Å². The number of furan rings is 2. The second-order valence-corrected chi connectivity index (χ2v) is 25.4. The third-order valence-electron chi connectivity index (χ3n) is 20.1. The molecule has 0 amide bonds. The van der Waals surface area contributed by atoms with Gasteiger partial charge in [-0.25, -0.2) is 0 Å². The third kappa shape index (κ3) is 8.23. The molecule has 0 aliphatic carbocycles. The summed E-state index contributed by atoms with van der Waals surface area (Å²) in [6, 6.07) is 121.